The summed E-state index contributed by atoms with van der Waals surface area (Å²) in [4.78, 5) is 14.2. The van der Waals surface area contributed by atoms with Gasteiger partial charge in [0.05, 0.1) is 11.6 Å². The van der Waals surface area contributed by atoms with Gasteiger partial charge in [0.1, 0.15) is 5.78 Å². The van der Waals surface area contributed by atoms with Crippen molar-refractivity contribution in [3.8, 4) is 0 Å². The van der Waals surface area contributed by atoms with Crippen molar-refractivity contribution in [2.45, 2.75) is 63.5 Å². The Kier molecular flexibility index (Phi) is 3.65. The summed E-state index contributed by atoms with van der Waals surface area (Å²) in [6, 6.07) is 0.0919. The van der Waals surface area contributed by atoms with Crippen LogP contribution in [0.25, 0.3) is 0 Å². The Labute approximate surface area is 97.8 Å². The highest BCUT2D eigenvalue weighted by Gasteiger charge is 2.35. The number of hydrogen-bond donors (Lipinski definition) is 1. The summed E-state index contributed by atoms with van der Waals surface area (Å²) < 4.78 is 0. The molecule has 0 spiro atoms. The number of piperidine rings is 1. The molecule has 1 saturated heterocycles. The van der Waals surface area contributed by atoms with E-state index in [1.54, 1.807) is 0 Å². The van der Waals surface area contributed by atoms with Gasteiger partial charge in [-0.3, -0.25) is 9.69 Å². The van der Waals surface area contributed by atoms with Crippen molar-refractivity contribution in [2.24, 2.45) is 0 Å². The number of ketones is 1. The van der Waals surface area contributed by atoms with Crippen molar-refractivity contribution in [1.82, 2.24) is 4.90 Å². The molecule has 0 bridgehead atoms. The average molecular weight is 225 g/mol. The first kappa shape index (κ1) is 12.1. The van der Waals surface area contributed by atoms with Crippen LogP contribution in [0.2, 0.25) is 0 Å². The minimum Gasteiger partial charge on any atom is -0.389 e. The van der Waals surface area contributed by atoms with Crippen LogP contribution in [0.4, 0.5) is 0 Å². The number of β-amino-alcohol motifs (C(OH)–C–C–N with tert-alkyl or cyclic N) is 1. The number of aliphatic hydroxyl groups is 1. The van der Waals surface area contributed by atoms with Crippen LogP contribution in [-0.4, -0.2) is 40.5 Å². The fourth-order valence-electron chi connectivity index (χ4n) is 3.05. The maximum atomic E-state index is 12.0. The monoisotopic (exact) mass is 225 g/mol. The summed E-state index contributed by atoms with van der Waals surface area (Å²) >= 11 is 0. The molecule has 3 nitrogen and oxygen atoms in total. The van der Waals surface area contributed by atoms with Crippen LogP contribution >= 0.6 is 0 Å². The number of rotatable bonds is 1. The van der Waals surface area contributed by atoms with Crippen LogP contribution in [0.1, 0.15) is 51.9 Å². The number of nitrogens with zero attached hydrogens (tertiary/aromatic N) is 1. The van der Waals surface area contributed by atoms with Crippen LogP contribution in [-0.2, 0) is 4.79 Å². The molecule has 2 unspecified atom stereocenters. The van der Waals surface area contributed by atoms with Gasteiger partial charge in [0.25, 0.3) is 0 Å². The van der Waals surface area contributed by atoms with Crippen molar-refractivity contribution in [1.29, 1.82) is 0 Å². The Morgan fingerprint density at radius 2 is 2.12 bits per heavy atom. The second kappa shape index (κ2) is 4.84. The Bertz CT molecular complexity index is 263. The summed E-state index contributed by atoms with van der Waals surface area (Å²) in [5.74, 6) is 0.398. The van der Waals surface area contributed by atoms with Gasteiger partial charge in [-0.2, -0.15) is 0 Å². The average Bonchev–Trinajstić information content (AvgIpc) is 2.41. The molecule has 0 aromatic rings. The van der Waals surface area contributed by atoms with Gasteiger partial charge in [-0.25, -0.2) is 0 Å². The summed E-state index contributed by atoms with van der Waals surface area (Å²) in [6.07, 6.45) is 7.01. The van der Waals surface area contributed by atoms with E-state index in [-0.39, 0.29) is 6.04 Å². The van der Waals surface area contributed by atoms with Crippen LogP contribution in [0, 0.1) is 0 Å². The molecule has 1 aliphatic carbocycles. The lowest BCUT2D eigenvalue weighted by Gasteiger charge is -2.40. The molecule has 1 aliphatic heterocycles. The fourth-order valence-corrected chi connectivity index (χ4v) is 3.05. The smallest absolute Gasteiger partial charge is 0.149 e. The van der Waals surface area contributed by atoms with Gasteiger partial charge in [-0.05, 0) is 39.2 Å². The third kappa shape index (κ3) is 2.83. The van der Waals surface area contributed by atoms with E-state index in [4.69, 9.17) is 0 Å². The van der Waals surface area contributed by atoms with Crippen LogP contribution in [0.15, 0.2) is 0 Å². The molecular weight excluding hydrogens is 202 g/mol. The second-order valence-corrected chi connectivity index (χ2v) is 5.65. The molecular formula is C13H23NO2. The van der Waals surface area contributed by atoms with E-state index in [2.05, 4.69) is 4.90 Å². The Morgan fingerprint density at radius 3 is 2.88 bits per heavy atom. The van der Waals surface area contributed by atoms with Gasteiger partial charge in [0, 0.05) is 13.0 Å². The SMILES string of the molecule is CC1(O)CCCN(C2CCCCCC2=O)C1. The third-order valence-electron chi connectivity index (χ3n) is 3.92. The molecule has 16 heavy (non-hydrogen) atoms. The minimum atomic E-state index is -0.592. The molecule has 2 atom stereocenters. The van der Waals surface area contributed by atoms with Gasteiger partial charge in [-0.15, -0.1) is 0 Å². The third-order valence-corrected chi connectivity index (χ3v) is 3.92. The Balaban J connectivity index is 2.01. The zero-order chi connectivity index (χ0) is 11.6. The van der Waals surface area contributed by atoms with Crippen molar-refractivity contribution < 1.29 is 9.90 Å². The number of carbonyl (C=O) groups is 1. The van der Waals surface area contributed by atoms with E-state index in [1.165, 1.54) is 6.42 Å². The van der Waals surface area contributed by atoms with E-state index in [9.17, 15) is 9.90 Å². The predicted molar refractivity (Wildman–Crippen MR) is 63.3 cm³/mol. The van der Waals surface area contributed by atoms with E-state index in [1.807, 2.05) is 6.92 Å². The zero-order valence-electron chi connectivity index (χ0n) is 10.2. The Morgan fingerprint density at radius 1 is 1.31 bits per heavy atom. The molecule has 92 valence electrons. The van der Waals surface area contributed by atoms with E-state index in [0.717, 1.165) is 45.1 Å². The lowest BCUT2D eigenvalue weighted by atomic mass is 9.92. The molecule has 3 heteroatoms. The van der Waals surface area contributed by atoms with Crippen LogP contribution in [0.3, 0.4) is 0 Å². The highest BCUT2D eigenvalue weighted by molar-refractivity contribution is 5.84. The highest BCUT2D eigenvalue weighted by Crippen LogP contribution is 2.26. The lowest BCUT2D eigenvalue weighted by molar-refractivity contribution is -0.126. The lowest BCUT2D eigenvalue weighted by Crippen LogP contribution is -2.52. The molecule has 0 aromatic carbocycles. The highest BCUT2D eigenvalue weighted by atomic mass is 16.3. The molecule has 1 heterocycles. The number of hydrogen-bond acceptors (Lipinski definition) is 3. The number of Topliss-reactive ketones (excluding diaryl/α,β-unsaturated/α-hetero) is 1. The van der Waals surface area contributed by atoms with Gasteiger partial charge in [-0.1, -0.05) is 12.8 Å². The first-order valence-electron chi connectivity index (χ1n) is 6.58. The van der Waals surface area contributed by atoms with Gasteiger partial charge >= 0.3 is 0 Å². The summed E-state index contributed by atoms with van der Waals surface area (Å²) in [7, 11) is 0. The van der Waals surface area contributed by atoms with Crippen molar-refractivity contribution >= 4 is 5.78 Å². The molecule has 0 amide bonds. The minimum absolute atomic E-state index is 0.0919. The molecule has 1 saturated carbocycles. The molecule has 1 N–H and O–H groups in total. The maximum Gasteiger partial charge on any atom is 0.149 e. The number of carbonyl (C=O) groups excluding carboxylic acids is 1. The molecule has 2 rings (SSSR count). The quantitative estimate of drug-likeness (QED) is 0.691. The van der Waals surface area contributed by atoms with Crippen molar-refractivity contribution in [2.75, 3.05) is 13.1 Å². The summed E-state index contributed by atoms with van der Waals surface area (Å²) in [6.45, 7) is 3.54. The van der Waals surface area contributed by atoms with Gasteiger partial charge in [0.2, 0.25) is 0 Å². The van der Waals surface area contributed by atoms with Crippen LogP contribution in [0.5, 0.6) is 0 Å². The molecule has 2 fully saturated rings. The van der Waals surface area contributed by atoms with Crippen LogP contribution < -0.4 is 0 Å². The number of likely N-dealkylation sites (tertiary alicyclic amines) is 1. The van der Waals surface area contributed by atoms with Crippen molar-refractivity contribution in [3.05, 3.63) is 0 Å². The largest absolute Gasteiger partial charge is 0.389 e. The summed E-state index contributed by atoms with van der Waals surface area (Å²) in [5.41, 5.74) is -0.592. The first-order chi connectivity index (χ1) is 7.58. The second-order valence-electron chi connectivity index (χ2n) is 5.65. The maximum absolute atomic E-state index is 12.0. The topological polar surface area (TPSA) is 40.5 Å². The van der Waals surface area contributed by atoms with Gasteiger partial charge < -0.3 is 5.11 Å². The summed E-state index contributed by atoms with van der Waals surface area (Å²) in [5, 5.41) is 10.1. The standard InChI is InChI=1S/C13H23NO2/c1-13(16)8-5-9-14(10-13)11-6-3-2-4-7-12(11)15/h11,16H,2-10H2,1H3. The molecule has 0 aromatic heterocycles. The zero-order valence-corrected chi connectivity index (χ0v) is 10.2. The van der Waals surface area contributed by atoms with Gasteiger partial charge in [0.15, 0.2) is 0 Å². The van der Waals surface area contributed by atoms with E-state index >= 15 is 0 Å². The molecule has 2 aliphatic rings. The first-order valence-corrected chi connectivity index (χ1v) is 6.58. The molecule has 0 radical (unpaired) electrons. The normalized spacial score (nSPS) is 38.4. The Hall–Kier alpha value is -0.410. The van der Waals surface area contributed by atoms with E-state index in [0.29, 0.717) is 12.3 Å². The fraction of sp³-hybridized carbons (Fsp3) is 0.923. The predicted octanol–water partition coefficient (Wildman–Crippen LogP) is 1.74. The van der Waals surface area contributed by atoms with Crippen molar-refractivity contribution in [3.63, 3.8) is 0 Å². The van der Waals surface area contributed by atoms with E-state index < -0.39 is 5.60 Å².